The van der Waals surface area contributed by atoms with E-state index in [2.05, 4.69) is 28.2 Å². The van der Waals surface area contributed by atoms with Gasteiger partial charge in [-0.05, 0) is 32.4 Å². The highest BCUT2D eigenvalue weighted by molar-refractivity contribution is 9.10. The smallest absolute Gasteiger partial charge is 0.231 e. The number of ether oxygens (including phenoxy) is 2. The molecule has 0 saturated carbocycles. The molecule has 1 aromatic rings. The minimum atomic E-state index is -0.127. The van der Waals surface area contributed by atoms with E-state index in [0.717, 1.165) is 35.7 Å². The average Bonchev–Trinajstić information content (AvgIpc) is 2.97. The van der Waals surface area contributed by atoms with Crippen LogP contribution in [0.25, 0.3) is 0 Å². The second kappa shape index (κ2) is 4.24. The van der Waals surface area contributed by atoms with Gasteiger partial charge in [-0.1, -0.05) is 15.9 Å². The van der Waals surface area contributed by atoms with E-state index in [4.69, 9.17) is 9.47 Å². The second-order valence-electron chi connectivity index (χ2n) is 4.87. The third-order valence-electron chi connectivity index (χ3n) is 3.67. The molecule has 96 valence electrons. The molecule has 0 aliphatic carbocycles. The Balaban J connectivity index is 2.21. The maximum atomic E-state index is 11.1. The molecule has 1 N–H and O–H groups in total. The van der Waals surface area contributed by atoms with Crippen molar-refractivity contribution in [2.24, 2.45) is 0 Å². The minimum absolute atomic E-state index is 0.127. The van der Waals surface area contributed by atoms with Crippen LogP contribution in [0, 0.1) is 0 Å². The molecular formula is C13H14BrNO3. The van der Waals surface area contributed by atoms with Gasteiger partial charge in [0.05, 0.1) is 5.56 Å². The number of hydrogen-bond acceptors (Lipinski definition) is 4. The summed E-state index contributed by atoms with van der Waals surface area (Å²) in [5.41, 5.74) is 1.45. The number of carbonyl (C=O) groups excluding carboxylic acids is 1. The Morgan fingerprint density at radius 3 is 2.89 bits per heavy atom. The zero-order chi connectivity index (χ0) is 12.8. The van der Waals surface area contributed by atoms with Crippen LogP contribution in [0.3, 0.4) is 0 Å². The fraction of sp³-hybridized carbons (Fsp3) is 0.462. The van der Waals surface area contributed by atoms with Crippen LogP contribution in [0.5, 0.6) is 11.5 Å². The summed E-state index contributed by atoms with van der Waals surface area (Å²) in [6.45, 7) is 3.33. The van der Waals surface area contributed by atoms with Crippen molar-refractivity contribution in [3.05, 3.63) is 21.7 Å². The summed E-state index contributed by atoms with van der Waals surface area (Å²) in [5, 5.41) is 3.50. The lowest BCUT2D eigenvalue weighted by atomic mass is 9.88. The number of fused-ring (bicyclic) bond motifs is 1. The van der Waals surface area contributed by atoms with Crippen molar-refractivity contribution in [3.8, 4) is 11.5 Å². The van der Waals surface area contributed by atoms with Gasteiger partial charge in [0.1, 0.15) is 0 Å². The number of carbonyl (C=O) groups is 1. The first kappa shape index (κ1) is 12.0. The molecule has 2 aliphatic heterocycles. The molecular weight excluding hydrogens is 298 g/mol. The largest absolute Gasteiger partial charge is 0.453 e. The Morgan fingerprint density at radius 1 is 1.44 bits per heavy atom. The van der Waals surface area contributed by atoms with Crippen LogP contribution in [0.1, 0.15) is 35.7 Å². The lowest BCUT2D eigenvalue weighted by Gasteiger charge is -2.27. The van der Waals surface area contributed by atoms with Crippen LogP contribution in [0.2, 0.25) is 0 Å². The summed E-state index contributed by atoms with van der Waals surface area (Å²) < 4.78 is 11.9. The molecule has 1 unspecified atom stereocenters. The Kier molecular flexibility index (Phi) is 2.83. The first-order valence-corrected chi connectivity index (χ1v) is 6.78. The molecule has 0 amide bonds. The molecule has 2 heterocycles. The summed E-state index contributed by atoms with van der Waals surface area (Å²) in [5.74, 6) is 1.27. The van der Waals surface area contributed by atoms with Crippen molar-refractivity contribution < 1.29 is 14.3 Å². The second-order valence-corrected chi connectivity index (χ2v) is 5.72. The van der Waals surface area contributed by atoms with E-state index < -0.39 is 0 Å². The van der Waals surface area contributed by atoms with Gasteiger partial charge in [-0.3, -0.25) is 4.79 Å². The van der Waals surface area contributed by atoms with E-state index >= 15 is 0 Å². The Bertz CT molecular complexity index is 509. The molecule has 2 aliphatic rings. The topological polar surface area (TPSA) is 47.6 Å². The van der Waals surface area contributed by atoms with Gasteiger partial charge in [0.25, 0.3) is 0 Å². The molecule has 1 aromatic carbocycles. The molecule has 1 atom stereocenters. The van der Waals surface area contributed by atoms with E-state index in [0.29, 0.717) is 17.1 Å². The van der Waals surface area contributed by atoms with Gasteiger partial charge in [-0.2, -0.15) is 0 Å². The third kappa shape index (κ3) is 1.65. The van der Waals surface area contributed by atoms with Crippen molar-refractivity contribution in [1.29, 1.82) is 0 Å². The van der Waals surface area contributed by atoms with Gasteiger partial charge >= 0.3 is 0 Å². The van der Waals surface area contributed by atoms with Crippen LogP contribution >= 0.6 is 15.9 Å². The predicted molar refractivity (Wildman–Crippen MR) is 70.2 cm³/mol. The van der Waals surface area contributed by atoms with Crippen molar-refractivity contribution in [1.82, 2.24) is 5.32 Å². The van der Waals surface area contributed by atoms with Crippen LogP contribution in [0.4, 0.5) is 0 Å². The van der Waals surface area contributed by atoms with Gasteiger partial charge in [-0.25, -0.2) is 0 Å². The Labute approximate surface area is 114 Å². The molecule has 1 fully saturated rings. The summed E-state index contributed by atoms with van der Waals surface area (Å²) in [6.07, 6.45) is 2.97. The number of nitrogens with one attached hydrogen (secondary N) is 1. The number of rotatable bonds is 2. The first-order chi connectivity index (χ1) is 8.65. The van der Waals surface area contributed by atoms with Gasteiger partial charge in [0, 0.05) is 15.6 Å². The van der Waals surface area contributed by atoms with Crippen molar-refractivity contribution in [2.45, 2.75) is 25.3 Å². The number of hydrogen-bond donors (Lipinski definition) is 1. The molecule has 18 heavy (non-hydrogen) atoms. The summed E-state index contributed by atoms with van der Waals surface area (Å²) in [7, 11) is 0. The number of benzene rings is 1. The van der Waals surface area contributed by atoms with E-state index in [1.807, 2.05) is 0 Å². The normalized spacial score (nSPS) is 25.4. The standard InChI is InChI=1S/C13H14BrNO3/c1-13(3-2-4-15-13)10-9(14)5-8(6-16)11-12(10)18-7-17-11/h5-6,15H,2-4,7H2,1H3. The average molecular weight is 312 g/mol. The van der Waals surface area contributed by atoms with E-state index in [9.17, 15) is 4.79 Å². The molecule has 1 saturated heterocycles. The molecule has 0 bridgehead atoms. The zero-order valence-corrected chi connectivity index (χ0v) is 11.7. The maximum absolute atomic E-state index is 11.1. The highest BCUT2D eigenvalue weighted by Crippen LogP contribution is 2.48. The summed E-state index contributed by atoms with van der Waals surface area (Å²) in [4.78, 5) is 11.1. The van der Waals surface area contributed by atoms with Crippen LogP contribution < -0.4 is 14.8 Å². The monoisotopic (exact) mass is 311 g/mol. The van der Waals surface area contributed by atoms with E-state index in [1.165, 1.54) is 0 Å². The Morgan fingerprint density at radius 2 is 2.22 bits per heavy atom. The van der Waals surface area contributed by atoms with Gasteiger partial charge < -0.3 is 14.8 Å². The summed E-state index contributed by atoms with van der Waals surface area (Å²) in [6, 6.07) is 1.81. The summed E-state index contributed by atoms with van der Waals surface area (Å²) >= 11 is 3.55. The fourth-order valence-electron chi connectivity index (χ4n) is 2.77. The maximum Gasteiger partial charge on any atom is 0.231 e. The zero-order valence-electron chi connectivity index (χ0n) is 10.1. The molecule has 0 aromatic heterocycles. The van der Waals surface area contributed by atoms with E-state index in [1.54, 1.807) is 6.07 Å². The van der Waals surface area contributed by atoms with Crippen LogP contribution in [0.15, 0.2) is 10.5 Å². The first-order valence-electron chi connectivity index (χ1n) is 5.98. The minimum Gasteiger partial charge on any atom is -0.453 e. The number of aldehydes is 1. The number of halogens is 1. The molecule has 0 spiro atoms. The van der Waals surface area contributed by atoms with Crippen molar-refractivity contribution in [2.75, 3.05) is 13.3 Å². The van der Waals surface area contributed by atoms with Crippen LogP contribution in [-0.2, 0) is 5.54 Å². The Hall–Kier alpha value is -1.07. The molecule has 4 nitrogen and oxygen atoms in total. The lowest BCUT2D eigenvalue weighted by molar-refractivity contribution is 0.111. The van der Waals surface area contributed by atoms with E-state index in [-0.39, 0.29) is 12.3 Å². The van der Waals surface area contributed by atoms with Gasteiger partial charge in [0.2, 0.25) is 6.79 Å². The quantitative estimate of drug-likeness (QED) is 0.853. The molecule has 5 heteroatoms. The molecule has 3 rings (SSSR count). The lowest BCUT2D eigenvalue weighted by Crippen LogP contribution is -2.33. The van der Waals surface area contributed by atoms with Crippen molar-refractivity contribution in [3.63, 3.8) is 0 Å². The SMILES string of the molecule is CC1(c2c(Br)cc(C=O)c3c2OCO3)CCCN1. The van der Waals surface area contributed by atoms with Gasteiger partial charge in [0.15, 0.2) is 17.8 Å². The highest BCUT2D eigenvalue weighted by Gasteiger charge is 2.38. The highest BCUT2D eigenvalue weighted by atomic mass is 79.9. The van der Waals surface area contributed by atoms with Crippen molar-refractivity contribution >= 4 is 22.2 Å². The third-order valence-corrected chi connectivity index (χ3v) is 4.30. The predicted octanol–water partition coefficient (Wildman–Crippen LogP) is 2.59. The molecule has 0 radical (unpaired) electrons. The van der Waals surface area contributed by atoms with Crippen LogP contribution in [-0.4, -0.2) is 19.6 Å². The van der Waals surface area contributed by atoms with Gasteiger partial charge in [-0.15, -0.1) is 0 Å². The fourth-order valence-corrected chi connectivity index (χ4v) is 3.64.